The number of nitrogens with zero attached hydrogens (tertiary/aromatic N) is 1. The van der Waals surface area contributed by atoms with Crippen molar-refractivity contribution in [3.63, 3.8) is 0 Å². The zero-order valence-electron chi connectivity index (χ0n) is 17.0. The molecule has 5 aliphatic rings. The third-order valence-electron chi connectivity index (χ3n) is 7.31. The normalized spacial score (nSPS) is 32.0. The van der Waals surface area contributed by atoms with Crippen molar-refractivity contribution in [2.24, 2.45) is 10.4 Å². The van der Waals surface area contributed by atoms with Crippen LogP contribution in [0.1, 0.15) is 47.4 Å². The number of carbonyl (C=O) groups is 1. The van der Waals surface area contributed by atoms with Gasteiger partial charge in [0.1, 0.15) is 5.84 Å². The Morgan fingerprint density at radius 1 is 1.03 bits per heavy atom. The minimum absolute atomic E-state index is 0.0850. The number of nitrogens with one attached hydrogen (secondary N) is 2. The smallest absolute Gasteiger partial charge is 0.227 e. The zero-order chi connectivity index (χ0) is 20.3. The lowest BCUT2D eigenvalue weighted by atomic mass is 9.52. The highest BCUT2D eigenvalue weighted by atomic mass is 16.2. The second-order valence-corrected chi connectivity index (χ2v) is 9.05. The number of benzene rings is 2. The predicted molar refractivity (Wildman–Crippen MR) is 119 cm³/mol. The molecule has 30 heavy (non-hydrogen) atoms. The van der Waals surface area contributed by atoms with Crippen molar-refractivity contribution in [2.45, 2.75) is 37.3 Å². The Kier molecular flexibility index (Phi) is 3.79. The van der Waals surface area contributed by atoms with Crippen LogP contribution in [0.25, 0.3) is 0 Å². The maximum absolute atomic E-state index is 13.6. The molecule has 1 heterocycles. The molecule has 7 rings (SSSR count). The summed E-state index contributed by atoms with van der Waals surface area (Å²) in [5, 5.41) is 6.64. The van der Waals surface area contributed by atoms with Gasteiger partial charge in [0.25, 0.3) is 0 Å². The van der Waals surface area contributed by atoms with Crippen LogP contribution in [0, 0.1) is 5.41 Å². The molecular weight excluding hydrogens is 370 g/mol. The first kappa shape index (κ1) is 17.7. The summed E-state index contributed by atoms with van der Waals surface area (Å²) in [6.07, 6.45) is 9.14. The van der Waals surface area contributed by atoms with Crippen molar-refractivity contribution in [3.8, 4) is 0 Å². The Morgan fingerprint density at radius 3 is 2.33 bits per heavy atom. The minimum atomic E-state index is -0.473. The number of hydrogen-bond acceptors (Lipinski definition) is 3. The fraction of sp³-hybridized carbons (Fsp3) is 0.308. The van der Waals surface area contributed by atoms with Crippen LogP contribution in [0.3, 0.4) is 0 Å². The zero-order valence-corrected chi connectivity index (χ0v) is 17.0. The fourth-order valence-corrected chi connectivity index (χ4v) is 5.91. The van der Waals surface area contributed by atoms with Crippen LogP contribution >= 0.6 is 0 Å². The summed E-state index contributed by atoms with van der Waals surface area (Å²) in [6.45, 7) is 2.59. The standard InChI is InChI=1S/C26H25N3O/c1-26(25(30)27-15-23-28-21-12-6-7-13-22(21)29-23)14-20-16-8-2-4-10-18(16)24(26)19-11-5-3-9-17(19)20/h2-13,20-22,24H,14-15H2,1H3,(H,27,30)(H,28,29). The number of hydrogen-bond donors (Lipinski definition) is 2. The Labute approximate surface area is 176 Å². The topological polar surface area (TPSA) is 53.5 Å². The average molecular weight is 396 g/mol. The summed E-state index contributed by atoms with van der Waals surface area (Å²) in [7, 11) is 0. The Balaban J connectivity index is 1.29. The molecule has 0 saturated heterocycles. The third-order valence-corrected chi connectivity index (χ3v) is 7.31. The van der Waals surface area contributed by atoms with E-state index >= 15 is 0 Å². The van der Waals surface area contributed by atoms with Crippen LogP contribution < -0.4 is 10.6 Å². The van der Waals surface area contributed by atoms with Gasteiger partial charge in [-0.2, -0.15) is 0 Å². The molecule has 0 saturated carbocycles. The number of amides is 1. The van der Waals surface area contributed by atoms with E-state index < -0.39 is 5.41 Å². The molecule has 4 nitrogen and oxygen atoms in total. The van der Waals surface area contributed by atoms with E-state index in [9.17, 15) is 4.79 Å². The van der Waals surface area contributed by atoms with Gasteiger partial charge in [-0.1, -0.05) is 72.8 Å². The second-order valence-electron chi connectivity index (χ2n) is 9.05. The monoisotopic (exact) mass is 395 g/mol. The van der Waals surface area contributed by atoms with Gasteiger partial charge in [0, 0.05) is 11.8 Å². The van der Waals surface area contributed by atoms with E-state index in [0.29, 0.717) is 6.54 Å². The van der Waals surface area contributed by atoms with Gasteiger partial charge in [-0.05, 0) is 35.6 Å². The van der Waals surface area contributed by atoms with E-state index in [2.05, 4.69) is 78.2 Å². The molecule has 1 amide bonds. The molecule has 2 aromatic rings. The van der Waals surface area contributed by atoms with Crippen molar-refractivity contribution >= 4 is 11.7 Å². The third kappa shape index (κ3) is 2.46. The van der Waals surface area contributed by atoms with Gasteiger partial charge >= 0.3 is 0 Å². The van der Waals surface area contributed by atoms with Gasteiger partial charge < -0.3 is 10.6 Å². The first-order valence-corrected chi connectivity index (χ1v) is 10.8. The second kappa shape index (κ2) is 6.43. The van der Waals surface area contributed by atoms with Gasteiger partial charge in [0.15, 0.2) is 0 Å². The molecule has 4 aliphatic carbocycles. The van der Waals surface area contributed by atoms with E-state index in [1.165, 1.54) is 22.3 Å². The van der Waals surface area contributed by atoms with Crippen LogP contribution in [-0.2, 0) is 4.79 Å². The van der Waals surface area contributed by atoms with E-state index in [1.807, 2.05) is 12.2 Å². The summed E-state index contributed by atoms with van der Waals surface area (Å²) in [5.41, 5.74) is 4.91. The Bertz CT molecular complexity index is 1080. The highest BCUT2D eigenvalue weighted by Crippen LogP contribution is 2.60. The molecule has 0 aromatic heterocycles. The quantitative estimate of drug-likeness (QED) is 0.833. The largest absolute Gasteiger partial charge is 0.364 e. The molecule has 0 radical (unpaired) electrons. The number of aliphatic imine (C=N–C) groups is 1. The lowest BCUT2D eigenvalue weighted by molar-refractivity contribution is -0.132. The molecule has 3 atom stereocenters. The number of rotatable bonds is 3. The highest BCUT2D eigenvalue weighted by Gasteiger charge is 2.53. The maximum Gasteiger partial charge on any atom is 0.227 e. The van der Waals surface area contributed by atoms with E-state index in [4.69, 9.17) is 4.99 Å². The van der Waals surface area contributed by atoms with Crippen LogP contribution in [0.4, 0.5) is 0 Å². The average Bonchev–Trinajstić information content (AvgIpc) is 3.20. The SMILES string of the molecule is CC1(C(=O)NCC2=NC3C=CC=CC3N2)CC2c3ccccc3C1c1ccccc12. The van der Waals surface area contributed by atoms with Crippen LogP contribution in [0.15, 0.2) is 77.8 Å². The molecule has 3 unspecified atom stereocenters. The van der Waals surface area contributed by atoms with Crippen molar-refractivity contribution in [2.75, 3.05) is 6.54 Å². The van der Waals surface area contributed by atoms with Crippen molar-refractivity contribution in [3.05, 3.63) is 95.1 Å². The molecule has 1 aliphatic heterocycles. The Hall–Kier alpha value is -3.14. The molecular formula is C26H25N3O. The van der Waals surface area contributed by atoms with E-state index in [1.54, 1.807) is 0 Å². The van der Waals surface area contributed by atoms with Crippen LogP contribution in [0.5, 0.6) is 0 Å². The highest BCUT2D eigenvalue weighted by molar-refractivity contribution is 5.93. The maximum atomic E-state index is 13.6. The van der Waals surface area contributed by atoms with Gasteiger partial charge in [-0.15, -0.1) is 0 Å². The number of fused-ring (bicyclic) bond motifs is 2. The molecule has 2 aromatic carbocycles. The van der Waals surface area contributed by atoms with Crippen LogP contribution in [-0.4, -0.2) is 30.4 Å². The van der Waals surface area contributed by atoms with Crippen molar-refractivity contribution in [1.29, 1.82) is 0 Å². The first-order chi connectivity index (χ1) is 14.6. The van der Waals surface area contributed by atoms with E-state index in [-0.39, 0.29) is 29.8 Å². The molecule has 150 valence electrons. The summed E-state index contributed by atoms with van der Waals surface area (Å²) < 4.78 is 0. The summed E-state index contributed by atoms with van der Waals surface area (Å²) in [6, 6.07) is 17.7. The first-order valence-electron chi connectivity index (χ1n) is 10.8. The molecule has 0 spiro atoms. The molecule has 2 bridgehead atoms. The van der Waals surface area contributed by atoms with E-state index in [0.717, 1.165) is 12.3 Å². The van der Waals surface area contributed by atoms with Gasteiger partial charge in [-0.25, -0.2) is 0 Å². The molecule has 4 heteroatoms. The number of allylic oxidation sites excluding steroid dienone is 2. The Morgan fingerprint density at radius 2 is 1.67 bits per heavy atom. The lowest BCUT2D eigenvalue weighted by Gasteiger charge is -2.50. The van der Waals surface area contributed by atoms with Crippen LogP contribution in [0.2, 0.25) is 0 Å². The summed E-state index contributed by atoms with van der Waals surface area (Å²) >= 11 is 0. The van der Waals surface area contributed by atoms with Gasteiger partial charge in [0.05, 0.1) is 24.0 Å². The summed E-state index contributed by atoms with van der Waals surface area (Å²) in [5.74, 6) is 1.34. The number of carbonyl (C=O) groups excluding carboxylic acids is 1. The molecule has 2 N–H and O–H groups in total. The fourth-order valence-electron chi connectivity index (χ4n) is 5.91. The summed E-state index contributed by atoms with van der Waals surface area (Å²) in [4.78, 5) is 18.3. The van der Waals surface area contributed by atoms with Gasteiger partial charge in [-0.3, -0.25) is 9.79 Å². The van der Waals surface area contributed by atoms with Crippen molar-refractivity contribution in [1.82, 2.24) is 10.6 Å². The number of amidine groups is 1. The van der Waals surface area contributed by atoms with Crippen molar-refractivity contribution < 1.29 is 4.79 Å². The molecule has 0 fully saturated rings. The minimum Gasteiger partial charge on any atom is -0.364 e. The lowest BCUT2D eigenvalue weighted by Crippen LogP contribution is -2.51. The van der Waals surface area contributed by atoms with Gasteiger partial charge in [0.2, 0.25) is 5.91 Å². The predicted octanol–water partition coefficient (Wildman–Crippen LogP) is 3.65.